The third-order valence-electron chi connectivity index (χ3n) is 12.2. The summed E-state index contributed by atoms with van der Waals surface area (Å²) in [7, 11) is 0. The number of guanidine groups is 1. The molecule has 0 saturated carbocycles. The van der Waals surface area contributed by atoms with E-state index in [1.165, 1.54) is 6.92 Å². The highest BCUT2D eigenvalue weighted by Gasteiger charge is 2.36. The smallest absolute Gasteiger partial charge is 0.328 e. The molecule has 0 aliphatic heterocycles. The van der Waals surface area contributed by atoms with Crippen molar-refractivity contribution in [1.82, 2.24) is 47.5 Å². The first-order valence-electron chi connectivity index (χ1n) is 26.1. The first-order chi connectivity index (χ1) is 37.2. The van der Waals surface area contributed by atoms with Gasteiger partial charge in [-0.1, -0.05) is 45.9 Å². The molecule has 2 aromatic rings. The van der Waals surface area contributed by atoms with Gasteiger partial charge in [0.15, 0.2) is 5.96 Å². The van der Waals surface area contributed by atoms with Crippen LogP contribution in [0.5, 0.6) is 0 Å². The lowest BCUT2D eigenvalue weighted by Crippen LogP contribution is -2.62. The number of carbonyl (C=O) groups is 10. The number of H-pyrrole nitrogens is 1. The molecular weight excluding hydrogens is 1040 g/mol. The van der Waals surface area contributed by atoms with Gasteiger partial charge in [0.25, 0.3) is 0 Å². The zero-order valence-electron chi connectivity index (χ0n) is 45.3. The molecule has 29 nitrogen and oxygen atoms in total. The summed E-state index contributed by atoms with van der Waals surface area (Å²) in [5.74, 6) is -11.3. The van der Waals surface area contributed by atoms with Crippen LogP contribution in [0.25, 0.3) is 10.9 Å². The number of benzene rings is 1. The van der Waals surface area contributed by atoms with E-state index in [4.69, 9.17) is 22.9 Å². The van der Waals surface area contributed by atoms with Crippen molar-refractivity contribution in [2.24, 2.45) is 39.8 Å². The van der Waals surface area contributed by atoms with Crippen molar-refractivity contribution in [3.05, 3.63) is 36.0 Å². The Balaban J connectivity index is 2.44. The molecule has 29 heteroatoms. The Bertz CT molecular complexity index is 2400. The van der Waals surface area contributed by atoms with Crippen molar-refractivity contribution in [2.45, 2.75) is 159 Å². The molecule has 1 aromatic carbocycles. The number of hydrogen-bond donors (Lipinski definition) is 18. The number of aliphatic carboxylic acids is 2. The summed E-state index contributed by atoms with van der Waals surface area (Å²) in [6.45, 7) is 6.48. The Morgan fingerprint density at radius 3 is 1.59 bits per heavy atom. The molecule has 2 rings (SSSR count). The lowest BCUT2D eigenvalue weighted by Gasteiger charge is -2.29. The van der Waals surface area contributed by atoms with E-state index in [1.54, 1.807) is 44.3 Å². The average molecular weight is 1120 g/mol. The number of rotatable bonds is 37. The number of hydrogen-bond acceptors (Lipinski definition) is 16. The number of amides is 8. The molecule has 0 aliphatic rings. The number of nitrogens with zero attached hydrogens (tertiary/aromatic N) is 1. The fraction of sp³-hybridized carbons (Fsp3) is 0.620. The van der Waals surface area contributed by atoms with Crippen molar-refractivity contribution >= 4 is 76.1 Å². The van der Waals surface area contributed by atoms with Crippen LogP contribution in [0, 0.1) is 11.8 Å². The lowest BCUT2D eigenvalue weighted by molar-refractivity contribution is -0.143. The third-order valence-corrected chi connectivity index (χ3v) is 12.2. The number of aromatic nitrogens is 1. The van der Waals surface area contributed by atoms with Gasteiger partial charge in [0.05, 0.1) is 25.4 Å². The summed E-state index contributed by atoms with van der Waals surface area (Å²) < 4.78 is 0. The first kappa shape index (κ1) is 67.6. The third kappa shape index (κ3) is 24.0. The second-order valence-electron chi connectivity index (χ2n) is 20.0. The molecule has 0 spiro atoms. The number of fused-ring (bicyclic) bond motifs is 1. The minimum atomic E-state index is -1.83. The Kier molecular flexibility index (Phi) is 29.5. The number of carboxylic acid groups (broad SMARTS) is 2. The van der Waals surface area contributed by atoms with E-state index in [0.717, 1.165) is 0 Å². The number of aliphatic hydroxyl groups excluding tert-OH is 3. The Hall–Kier alpha value is -7.47. The van der Waals surface area contributed by atoms with Crippen LogP contribution < -0.4 is 65.5 Å². The largest absolute Gasteiger partial charge is 0.481 e. The summed E-state index contributed by atoms with van der Waals surface area (Å²) >= 11 is 0. The Morgan fingerprint density at radius 2 is 1.06 bits per heavy atom. The van der Waals surface area contributed by atoms with Gasteiger partial charge >= 0.3 is 11.9 Å². The average Bonchev–Trinajstić information content (AvgIpc) is 3.82. The van der Waals surface area contributed by atoms with Crippen LogP contribution in [-0.4, -0.2) is 182 Å². The first-order valence-corrected chi connectivity index (χ1v) is 26.1. The molecule has 0 saturated heterocycles. The van der Waals surface area contributed by atoms with E-state index < -0.39 is 146 Å². The van der Waals surface area contributed by atoms with Crippen LogP contribution in [0.3, 0.4) is 0 Å². The van der Waals surface area contributed by atoms with Gasteiger partial charge in [0.1, 0.15) is 48.3 Å². The molecule has 8 amide bonds. The van der Waals surface area contributed by atoms with Crippen molar-refractivity contribution in [3.8, 4) is 0 Å². The van der Waals surface area contributed by atoms with Gasteiger partial charge in [-0.25, -0.2) is 4.79 Å². The lowest BCUT2D eigenvalue weighted by atomic mass is 10.00. The molecule has 0 aliphatic carbocycles. The van der Waals surface area contributed by atoms with Gasteiger partial charge in [-0.3, -0.25) is 48.1 Å². The molecule has 442 valence electrons. The fourth-order valence-corrected chi connectivity index (χ4v) is 8.06. The van der Waals surface area contributed by atoms with Crippen LogP contribution in [-0.2, 0) is 54.4 Å². The highest BCUT2D eigenvalue weighted by Crippen LogP contribution is 2.20. The number of nitrogens with two attached hydrogens (primary N) is 4. The number of carboxylic acids is 2. The van der Waals surface area contributed by atoms with Crippen molar-refractivity contribution in [2.75, 3.05) is 26.3 Å². The zero-order valence-corrected chi connectivity index (χ0v) is 45.3. The second-order valence-corrected chi connectivity index (χ2v) is 20.0. The van der Waals surface area contributed by atoms with E-state index in [9.17, 15) is 73.5 Å². The SMILES string of the molecule is CC(C)C[C@H](NC(=O)[C@@H](N)CC(C)C)C(=O)N[C@H](C(=O)N[C@@H](CCC(=O)O)C(=O)N[C@@H](CCCCN)C(=O)N[C@@H](CO)C(=O)N[C@@H](CCCN=C(N)N)C(=O)N[C@@H](Cc1c[nH]c2ccccc12)C(=O)N[C@@H](CO)C(=O)O)[C@@H](C)O. The second kappa shape index (κ2) is 34.4. The molecule has 0 fully saturated rings. The summed E-state index contributed by atoms with van der Waals surface area (Å²) in [5.41, 5.74) is 23.9. The molecule has 10 atom stereocenters. The maximum Gasteiger partial charge on any atom is 0.328 e. The minimum Gasteiger partial charge on any atom is -0.481 e. The summed E-state index contributed by atoms with van der Waals surface area (Å²) in [6.07, 6.45) is -0.891. The molecule has 79 heavy (non-hydrogen) atoms. The van der Waals surface area contributed by atoms with Crippen LogP contribution in [0.4, 0.5) is 0 Å². The molecule has 1 aromatic heterocycles. The quantitative estimate of drug-likeness (QED) is 0.0172. The highest BCUT2D eigenvalue weighted by molar-refractivity contribution is 5.98. The zero-order chi connectivity index (χ0) is 59.5. The molecule has 0 radical (unpaired) electrons. The molecule has 0 bridgehead atoms. The number of aliphatic imine (C=N–C) groups is 1. The summed E-state index contributed by atoms with van der Waals surface area (Å²) in [5, 5.41) is 69.8. The maximum absolute atomic E-state index is 14.1. The van der Waals surface area contributed by atoms with Gasteiger partial charge in [0, 0.05) is 36.5 Å². The Morgan fingerprint density at radius 1 is 0.582 bits per heavy atom. The monoisotopic (exact) mass is 1120 g/mol. The van der Waals surface area contributed by atoms with E-state index in [-0.39, 0.29) is 69.4 Å². The fourth-order valence-electron chi connectivity index (χ4n) is 8.06. The van der Waals surface area contributed by atoms with Crippen LogP contribution in [0.1, 0.15) is 98.0 Å². The summed E-state index contributed by atoms with van der Waals surface area (Å²) in [4.78, 5) is 141. The summed E-state index contributed by atoms with van der Waals surface area (Å²) in [6, 6.07) is -6.82. The van der Waals surface area contributed by atoms with Crippen LogP contribution >= 0.6 is 0 Å². The van der Waals surface area contributed by atoms with Gasteiger partial charge < -0.3 is 96.0 Å². The van der Waals surface area contributed by atoms with E-state index >= 15 is 0 Å². The number of para-hydroxylation sites is 1. The normalized spacial score (nSPS) is 15.1. The standard InChI is InChI=1S/C50H82N14O15/c1-25(2)19-30(52)41(70)60-35(20-26(3)4)46(75)64-40(27(5)67)48(77)59-34(15-16-39(68)69)44(73)57-32(13-8-9-17-51)43(72)62-37(23-65)47(76)58-33(14-10-18-55-50(53)54)42(71)61-36(45(74)63-38(24-66)49(78)79)21-28-22-56-31-12-7-6-11-29(28)31/h6-7,11-12,22,25-27,30,32-38,40,56,65-67H,8-10,13-21,23-24,51-52H2,1-5H3,(H,57,73)(H,58,76)(H,59,77)(H,60,70)(H,61,71)(H,62,72)(H,63,74)(H,64,75)(H,68,69)(H,78,79)(H4,53,54,55)/t27-,30+,32+,33+,34+,35+,36+,37+,38+,40+/m1/s1. The predicted molar refractivity (Wildman–Crippen MR) is 288 cm³/mol. The van der Waals surface area contributed by atoms with Gasteiger partial charge in [-0.15, -0.1) is 0 Å². The van der Waals surface area contributed by atoms with E-state index in [2.05, 4.69) is 52.5 Å². The van der Waals surface area contributed by atoms with Crippen molar-refractivity contribution < 1.29 is 73.5 Å². The maximum atomic E-state index is 14.1. The number of carbonyl (C=O) groups excluding carboxylic acids is 8. The van der Waals surface area contributed by atoms with Crippen LogP contribution in [0.15, 0.2) is 35.5 Å². The number of aromatic amines is 1. The Labute approximate surface area is 457 Å². The topological polar surface area (TPSA) is 500 Å². The van der Waals surface area contributed by atoms with Gasteiger partial charge in [-0.2, -0.15) is 0 Å². The molecule has 0 unspecified atom stereocenters. The van der Waals surface area contributed by atoms with E-state index in [0.29, 0.717) is 29.3 Å². The molecular formula is C50H82N14O15. The minimum absolute atomic E-state index is 0.0428. The van der Waals surface area contributed by atoms with Gasteiger partial charge in [0.2, 0.25) is 47.3 Å². The highest BCUT2D eigenvalue weighted by atomic mass is 16.4. The van der Waals surface area contributed by atoms with E-state index in [1.807, 2.05) is 13.8 Å². The molecule has 1 heterocycles. The van der Waals surface area contributed by atoms with Gasteiger partial charge in [-0.05, 0) is 88.3 Å². The predicted octanol–water partition coefficient (Wildman–Crippen LogP) is -4.49. The molecule has 22 N–H and O–H groups in total. The number of nitrogens with one attached hydrogen (secondary N) is 9. The van der Waals surface area contributed by atoms with Crippen molar-refractivity contribution in [3.63, 3.8) is 0 Å². The number of aliphatic hydroxyl groups is 3. The number of unbranched alkanes of at least 4 members (excludes halogenated alkanes) is 1. The van der Waals surface area contributed by atoms with Crippen molar-refractivity contribution in [1.29, 1.82) is 0 Å². The van der Waals surface area contributed by atoms with Crippen LogP contribution in [0.2, 0.25) is 0 Å².